The molecule has 0 bridgehead atoms. The number of rotatable bonds is 2. The van der Waals surface area contributed by atoms with Gasteiger partial charge in [-0.2, -0.15) is 0 Å². The van der Waals surface area contributed by atoms with Crippen LogP contribution in [0.5, 0.6) is 0 Å². The number of carbonyl (C=O) groups excluding carboxylic acids is 1. The van der Waals surface area contributed by atoms with E-state index in [2.05, 4.69) is 4.37 Å². The monoisotopic (exact) mass is 211 g/mol. The maximum absolute atomic E-state index is 11.6. The zero-order valence-corrected chi connectivity index (χ0v) is 8.83. The van der Waals surface area contributed by atoms with Gasteiger partial charge in [-0.3, -0.25) is 4.79 Å². The van der Waals surface area contributed by atoms with Gasteiger partial charge in [0.05, 0.1) is 6.04 Å². The van der Waals surface area contributed by atoms with Gasteiger partial charge in [0.25, 0.3) is 0 Å². The van der Waals surface area contributed by atoms with Gasteiger partial charge in [0.2, 0.25) is 5.91 Å². The van der Waals surface area contributed by atoms with Gasteiger partial charge in [-0.25, -0.2) is 4.37 Å². The second kappa shape index (κ2) is 3.67. The van der Waals surface area contributed by atoms with E-state index in [0.29, 0.717) is 13.0 Å². The van der Waals surface area contributed by atoms with Crippen molar-refractivity contribution in [1.29, 1.82) is 0 Å². The highest BCUT2D eigenvalue weighted by atomic mass is 32.1. The lowest BCUT2D eigenvalue weighted by Gasteiger charge is -2.24. The molecular formula is C9H13N3OS. The molecule has 76 valence electrons. The van der Waals surface area contributed by atoms with Gasteiger partial charge in [0.1, 0.15) is 0 Å². The smallest absolute Gasteiger partial charge is 0.224 e. The van der Waals surface area contributed by atoms with E-state index >= 15 is 0 Å². The Hall–Kier alpha value is -0.940. The molecule has 0 aromatic carbocycles. The van der Waals surface area contributed by atoms with Crippen LogP contribution in [0.3, 0.4) is 0 Å². The summed E-state index contributed by atoms with van der Waals surface area (Å²) < 4.78 is 4.04. The van der Waals surface area contributed by atoms with Crippen LogP contribution < -0.4 is 5.73 Å². The van der Waals surface area contributed by atoms with Crippen molar-refractivity contribution in [2.24, 2.45) is 5.73 Å². The lowest BCUT2D eigenvalue weighted by Crippen LogP contribution is -2.32. The molecule has 1 aromatic heterocycles. The molecule has 1 amide bonds. The Morgan fingerprint density at radius 1 is 1.79 bits per heavy atom. The van der Waals surface area contributed by atoms with Crippen LogP contribution in [0.4, 0.5) is 0 Å². The number of nitrogens with zero attached hydrogens (tertiary/aromatic N) is 2. The predicted molar refractivity (Wildman–Crippen MR) is 54.8 cm³/mol. The van der Waals surface area contributed by atoms with Crippen molar-refractivity contribution < 1.29 is 4.79 Å². The molecule has 1 fully saturated rings. The third-order valence-corrected chi connectivity index (χ3v) is 3.21. The Balaban J connectivity index is 2.28. The second-order valence-corrected chi connectivity index (χ2v) is 4.11. The first-order valence-corrected chi connectivity index (χ1v) is 5.52. The van der Waals surface area contributed by atoms with Gasteiger partial charge in [-0.15, -0.1) is 0 Å². The summed E-state index contributed by atoms with van der Waals surface area (Å²) in [6.45, 7) is 2.69. The van der Waals surface area contributed by atoms with E-state index in [-0.39, 0.29) is 18.0 Å². The molecule has 1 aliphatic heterocycles. The number of carbonyl (C=O) groups is 1. The Morgan fingerprint density at radius 2 is 2.57 bits per heavy atom. The normalized spacial score (nSPS) is 27.3. The molecule has 5 heteroatoms. The summed E-state index contributed by atoms with van der Waals surface area (Å²) in [6.07, 6.45) is 2.25. The van der Waals surface area contributed by atoms with Crippen molar-refractivity contribution in [3.63, 3.8) is 0 Å². The third-order valence-electron chi connectivity index (χ3n) is 2.61. The minimum atomic E-state index is -0.0844. The molecule has 2 atom stereocenters. The number of likely N-dealkylation sites (N-methyl/N-ethyl adjacent to an activating group) is 1. The highest BCUT2D eigenvalue weighted by molar-refractivity contribution is 7.03. The fourth-order valence-electron chi connectivity index (χ4n) is 1.98. The fourth-order valence-corrected chi connectivity index (χ4v) is 2.54. The van der Waals surface area contributed by atoms with E-state index in [1.807, 2.05) is 17.2 Å². The molecule has 2 rings (SSSR count). The van der Waals surface area contributed by atoms with E-state index in [9.17, 15) is 4.79 Å². The van der Waals surface area contributed by atoms with E-state index in [0.717, 1.165) is 5.56 Å². The average Bonchev–Trinajstić information content (AvgIpc) is 2.72. The van der Waals surface area contributed by atoms with Crippen molar-refractivity contribution in [2.75, 3.05) is 6.54 Å². The lowest BCUT2D eigenvalue weighted by atomic mass is 10.1. The summed E-state index contributed by atoms with van der Waals surface area (Å²) in [6, 6.07) is -0.0508. The van der Waals surface area contributed by atoms with Crippen molar-refractivity contribution in [3.8, 4) is 0 Å². The molecule has 0 radical (unpaired) electrons. The molecule has 0 spiro atoms. The zero-order chi connectivity index (χ0) is 10.1. The SMILES string of the molecule is CCN1C(=O)C[C@H](N)[C@H]1c1cnsc1. The first kappa shape index (κ1) is 9.61. The Labute approximate surface area is 86.9 Å². The van der Waals surface area contributed by atoms with Crippen LogP contribution in [0.2, 0.25) is 0 Å². The van der Waals surface area contributed by atoms with Crippen LogP contribution >= 0.6 is 11.5 Å². The van der Waals surface area contributed by atoms with Crippen LogP contribution in [0.25, 0.3) is 0 Å². The number of hydrogen-bond acceptors (Lipinski definition) is 4. The third kappa shape index (κ3) is 1.42. The zero-order valence-electron chi connectivity index (χ0n) is 8.01. The van der Waals surface area contributed by atoms with Crippen LogP contribution in [0, 0.1) is 0 Å². The molecule has 1 saturated heterocycles. The first-order chi connectivity index (χ1) is 6.74. The van der Waals surface area contributed by atoms with E-state index in [1.165, 1.54) is 11.5 Å². The second-order valence-electron chi connectivity index (χ2n) is 3.45. The highest BCUT2D eigenvalue weighted by Crippen LogP contribution is 2.31. The van der Waals surface area contributed by atoms with Crippen LogP contribution in [-0.4, -0.2) is 27.8 Å². The molecule has 0 saturated carbocycles. The number of aromatic nitrogens is 1. The molecule has 1 aliphatic rings. The number of amides is 1. The van der Waals surface area contributed by atoms with E-state index in [1.54, 1.807) is 6.20 Å². The van der Waals surface area contributed by atoms with Gasteiger partial charge in [0, 0.05) is 36.1 Å². The van der Waals surface area contributed by atoms with Crippen molar-refractivity contribution >= 4 is 17.4 Å². The molecule has 14 heavy (non-hydrogen) atoms. The van der Waals surface area contributed by atoms with Gasteiger partial charge in [-0.05, 0) is 18.5 Å². The van der Waals surface area contributed by atoms with Crippen LogP contribution in [-0.2, 0) is 4.79 Å². The van der Waals surface area contributed by atoms with Crippen LogP contribution in [0.15, 0.2) is 11.6 Å². The van der Waals surface area contributed by atoms with Crippen molar-refractivity contribution in [2.45, 2.75) is 25.4 Å². The van der Waals surface area contributed by atoms with Gasteiger partial charge in [0.15, 0.2) is 0 Å². The molecule has 2 heterocycles. The summed E-state index contributed by atoms with van der Waals surface area (Å²) >= 11 is 1.40. The van der Waals surface area contributed by atoms with Crippen molar-refractivity contribution in [1.82, 2.24) is 9.27 Å². The topological polar surface area (TPSA) is 59.2 Å². The number of likely N-dealkylation sites (tertiary alicyclic amines) is 1. The maximum atomic E-state index is 11.6. The predicted octanol–water partition coefficient (Wildman–Crippen LogP) is 0.764. The summed E-state index contributed by atoms with van der Waals surface area (Å²) in [5.41, 5.74) is 7.01. The quantitative estimate of drug-likeness (QED) is 0.785. The van der Waals surface area contributed by atoms with Crippen molar-refractivity contribution in [3.05, 3.63) is 17.1 Å². The van der Waals surface area contributed by atoms with E-state index < -0.39 is 0 Å². The molecular weight excluding hydrogens is 198 g/mol. The fraction of sp³-hybridized carbons (Fsp3) is 0.556. The first-order valence-electron chi connectivity index (χ1n) is 4.68. The highest BCUT2D eigenvalue weighted by Gasteiger charge is 2.37. The average molecular weight is 211 g/mol. The van der Waals surface area contributed by atoms with Gasteiger partial charge < -0.3 is 10.6 Å². The Bertz CT molecular complexity index is 325. The molecule has 0 unspecified atom stereocenters. The largest absolute Gasteiger partial charge is 0.334 e. The summed E-state index contributed by atoms with van der Waals surface area (Å²) in [7, 11) is 0. The minimum Gasteiger partial charge on any atom is -0.334 e. The number of nitrogens with two attached hydrogens (primary N) is 1. The molecule has 2 N–H and O–H groups in total. The van der Waals surface area contributed by atoms with E-state index in [4.69, 9.17) is 5.73 Å². The molecule has 4 nitrogen and oxygen atoms in total. The van der Waals surface area contributed by atoms with Gasteiger partial charge >= 0.3 is 0 Å². The summed E-state index contributed by atoms with van der Waals surface area (Å²) in [5.74, 6) is 0.149. The Morgan fingerprint density at radius 3 is 3.14 bits per heavy atom. The standard InChI is InChI=1S/C9H13N3OS/c1-2-12-8(13)3-7(10)9(12)6-4-11-14-5-6/h4-5,7,9H,2-3,10H2,1H3/t7-,9+/m0/s1. The lowest BCUT2D eigenvalue weighted by molar-refractivity contribution is -0.128. The Kier molecular flexibility index (Phi) is 2.52. The maximum Gasteiger partial charge on any atom is 0.224 e. The number of hydrogen-bond donors (Lipinski definition) is 1. The van der Waals surface area contributed by atoms with Gasteiger partial charge in [-0.1, -0.05) is 0 Å². The molecule has 0 aliphatic carbocycles. The molecule has 1 aromatic rings. The minimum absolute atomic E-state index is 0.0336. The summed E-state index contributed by atoms with van der Waals surface area (Å²) in [4.78, 5) is 13.4. The van der Waals surface area contributed by atoms with Crippen LogP contribution in [0.1, 0.15) is 24.9 Å². The summed E-state index contributed by atoms with van der Waals surface area (Å²) in [5, 5.41) is 1.96.